The van der Waals surface area contributed by atoms with Gasteiger partial charge in [0.05, 0.1) is 28.6 Å². The minimum atomic E-state index is -4.63. The zero-order valence-corrected chi connectivity index (χ0v) is 23.1. The second-order valence-electron chi connectivity index (χ2n) is 8.32. The van der Waals surface area contributed by atoms with Crippen molar-refractivity contribution in [2.45, 2.75) is 25.2 Å². The van der Waals surface area contributed by atoms with Crippen LogP contribution in [-0.2, 0) is 16.5 Å². The third-order valence-electron chi connectivity index (χ3n) is 5.76. The van der Waals surface area contributed by atoms with Gasteiger partial charge in [-0.25, -0.2) is 0 Å². The molecule has 0 radical (unpaired) electrons. The first-order valence-corrected chi connectivity index (χ1v) is 13.9. The first-order valence-electron chi connectivity index (χ1n) is 11.7. The summed E-state index contributed by atoms with van der Waals surface area (Å²) in [5.74, 6) is -0.712. The van der Waals surface area contributed by atoms with Crippen LogP contribution in [-0.4, -0.2) is 30.6 Å². The average molecular weight is 588 g/mol. The third kappa shape index (κ3) is 6.15. The number of phenolic OH excluding ortho intramolecular Hbond substituents is 1. The molecule has 1 amide bonds. The number of hydrogen-bond donors (Lipinski definition) is 3. The summed E-state index contributed by atoms with van der Waals surface area (Å²) in [5.41, 5.74) is 0.763. The van der Waals surface area contributed by atoms with Gasteiger partial charge in [0.2, 0.25) is 0 Å². The van der Waals surface area contributed by atoms with Crippen molar-refractivity contribution in [2.75, 3.05) is 11.9 Å². The van der Waals surface area contributed by atoms with Crippen LogP contribution in [0.4, 0.5) is 17.1 Å². The number of nitrogens with one attached hydrogen (secondary N) is 1. The number of anilines is 1. The number of ether oxygens (including phenoxy) is 1. The Morgan fingerprint density at radius 1 is 1.03 bits per heavy atom. The van der Waals surface area contributed by atoms with E-state index in [9.17, 15) is 22.9 Å². The molecule has 202 valence electrons. The number of azo groups is 1. The van der Waals surface area contributed by atoms with Crippen LogP contribution in [0, 0.1) is 0 Å². The molecular weight excluding hydrogens is 565 g/mol. The van der Waals surface area contributed by atoms with E-state index in [0.717, 1.165) is 6.07 Å². The van der Waals surface area contributed by atoms with Crippen LogP contribution < -0.4 is 10.1 Å². The summed E-state index contributed by atoms with van der Waals surface area (Å²) >= 11 is 12.2. The number of rotatable bonds is 8. The van der Waals surface area contributed by atoms with Gasteiger partial charge in [-0.1, -0.05) is 54.4 Å². The fourth-order valence-electron chi connectivity index (χ4n) is 3.91. The van der Waals surface area contributed by atoms with Crippen LogP contribution >= 0.6 is 23.2 Å². The first-order chi connectivity index (χ1) is 18.5. The van der Waals surface area contributed by atoms with Crippen molar-refractivity contribution in [2.24, 2.45) is 10.2 Å². The maximum Gasteiger partial charge on any atom is 0.296 e. The summed E-state index contributed by atoms with van der Waals surface area (Å²) in [5, 5.41) is 23.6. The number of halogens is 2. The number of benzene rings is 4. The van der Waals surface area contributed by atoms with Gasteiger partial charge in [0, 0.05) is 16.5 Å². The molecule has 0 aromatic heterocycles. The minimum absolute atomic E-state index is 0.0132. The quantitative estimate of drug-likeness (QED) is 0.142. The topological polar surface area (TPSA) is 138 Å². The number of carbonyl (C=O) groups excluding carboxylic acids is 1. The van der Waals surface area contributed by atoms with Crippen molar-refractivity contribution in [1.29, 1.82) is 0 Å². The minimum Gasteiger partial charge on any atom is -0.505 e. The summed E-state index contributed by atoms with van der Waals surface area (Å²) in [4.78, 5) is 12.8. The Morgan fingerprint density at radius 2 is 1.77 bits per heavy atom. The molecule has 0 aliphatic rings. The molecule has 12 heteroatoms. The predicted molar refractivity (Wildman–Crippen MR) is 151 cm³/mol. The van der Waals surface area contributed by atoms with Crippen LogP contribution in [0.5, 0.6) is 11.5 Å². The van der Waals surface area contributed by atoms with Crippen LogP contribution in [0.25, 0.3) is 10.8 Å². The summed E-state index contributed by atoms with van der Waals surface area (Å²) in [6, 6.07) is 15.8. The van der Waals surface area contributed by atoms with Gasteiger partial charge in [0.15, 0.2) is 5.75 Å². The van der Waals surface area contributed by atoms with E-state index in [4.69, 9.17) is 27.9 Å². The van der Waals surface area contributed by atoms with Crippen molar-refractivity contribution in [3.8, 4) is 11.5 Å². The molecule has 0 spiro atoms. The Balaban J connectivity index is 1.81. The predicted octanol–water partition coefficient (Wildman–Crippen LogP) is 7.73. The Bertz CT molecular complexity index is 1720. The van der Waals surface area contributed by atoms with Gasteiger partial charge in [-0.15, -0.1) is 5.11 Å². The zero-order valence-electron chi connectivity index (χ0n) is 20.8. The summed E-state index contributed by atoms with van der Waals surface area (Å²) < 4.78 is 38.8. The maximum atomic E-state index is 13.3. The zero-order chi connectivity index (χ0) is 28.3. The first kappa shape index (κ1) is 28.3. The van der Waals surface area contributed by atoms with Gasteiger partial charge >= 0.3 is 0 Å². The van der Waals surface area contributed by atoms with E-state index in [1.54, 1.807) is 56.3 Å². The summed E-state index contributed by atoms with van der Waals surface area (Å²) in [7, 11) is -4.63. The molecule has 0 fully saturated rings. The highest BCUT2D eigenvalue weighted by Crippen LogP contribution is 2.41. The Labute approximate surface area is 234 Å². The highest BCUT2D eigenvalue weighted by molar-refractivity contribution is 7.86. The van der Waals surface area contributed by atoms with Crippen LogP contribution in [0.15, 0.2) is 75.8 Å². The summed E-state index contributed by atoms with van der Waals surface area (Å²) in [6.07, 6.45) is 0.364. The molecule has 3 N–H and O–H groups in total. The molecule has 0 saturated carbocycles. The van der Waals surface area contributed by atoms with Crippen LogP contribution in [0.2, 0.25) is 10.0 Å². The number of amides is 1. The lowest BCUT2D eigenvalue weighted by atomic mass is 10.0. The molecule has 4 rings (SSSR count). The standard InChI is InChI=1S/C27H23Cl2N3O6S/c1-3-15-11-18(14-23(24(15)29)39(35,36)37)31-32-25-19-8-6-5-7-16(19)12-20(26(25)33)27(34)30-21-10-9-17(28)13-22(21)38-4-2/h5-14,33H,3-4H2,1-2H3,(H,30,34)(H,35,36,37). The largest absolute Gasteiger partial charge is 0.505 e. The Hall–Kier alpha value is -3.70. The molecule has 0 heterocycles. The fraction of sp³-hybridized carbons (Fsp3) is 0.148. The van der Waals surface area contributed by atoms with Gasteiger partial charge in [-0.3, -0.25) is 9.35 Å². The number of aryl methyl sites for hydroxylation is 1. The molecule has 0 aliphatic carbocycles. The van der Waals surface area contributed by atoms with E-state index in [1.165, 1.54) is 12.1 Å². The number of aromatic hydroxyl groups is 1. The second kappa shape index (κ2) is 11.6. The SMILES string of the molecule is CCOc1cc(Cl)ccc1NC(=O)c1cc2ccccc2c(N=Nc2cc(CC)c(Cl)c(S(=O)(=O)O)c2)c1O. The van der Waals surface area contributed by atoms with Gasteiger partial charge in [0.1, 0.15) is 16.3 Å². The van der Waals surface area contributed by atoms with Crippen molar-refractivity contribution in [1.82, 2.24) is 0 Å². The molecule has 9 nitrogen and oxygen atoms in total. The Kier molecular flexibility index (Phi) is 8.41. The number of hydrogen-bond acceptors (Lipinski definition) is 7. The molecular formula is C27H23Cl2N3O6S. The lowest BCUT2D eigenvalue weighted by Crippen LogP contribution is -2.13. The van der Waals surface area contributed by atoms with Gasteiger partial charge in [0.25, 0.3) is 16.0 Å². The van der Waals surface area contributed by atoms with E-state index in [0.29, 0.717) is 45.8 Å². The van der Waals surface area contributed by atoms with Crippen molar-refractivity contribution in [3.05, 3.63) is 81.8 Å². The fourth-order valence-corrected chi connectivity index (χ4v) is 5.23. The number of fused-ring (bicyclic) bond motifs is 1. The molecule has 0 unspecified atom stereocenters. The van der Waals surface area contributed by atoms with E-state index in [2.05, 4.69) is 15.5 Å². The second-order valence-corrected chi connectivity index (χ2v) is 10.5. The summed E-state index contributed by atoms with van der Waals surface area (Å²) in [6.45, 7) is 3.90. The molecule has 0 bridgehead atoms. The molecule has 4 aromatic rings. The van der Waals surface area contributed by atoms with Crippen molar-refractivity contribution < 1.29 is 27.6 Å². The van der Waals surface area contributed by atoms with Gasteiger partial charge < -0.3 is 15.2 Å². The number of phenols is 1. The molecule has 4 aromatic carbocycles. The normalized spacial score (nSPS) is 11.7. The van der Waals surface area contributed by atoms with E-state index >= 15 is 0 Å². The van der Waals surface area contributed by atoms with E-state index in [-0.39, 0.29) is 22.0 Å². The van der Waals surface area contributed by atoms with Crippen molar-refractivity contribution >= 4 is 67.1 Å². The lowest BCUT2D eigenvalue weighted by Gasteiger charge is -2.14. The average Bonchev–Trinajstić information content (AvgIpc) is 2.89. The molecule has 0 saturated heterocycles. The smallest absolute Gasteiger partial charge is 0.296 e. The maximum absolute atomic E-state index is 13.3. The molecule has 39 heavy (non-hydrogen) atoms. The third-order valence-corrected chi connectivity index (χ3v) is 7.43. The molecule has 0 aliphatic heterocycles. The van der Waals surface area contributed by atoms with Crippen LogP contribution in [0.3, 0.4) is 0 Å². The lowest BCUT2D eigenvalue weighted by molar-refractivity contribution is 0.102. The van der Waals surface area contributed by atoms with E-state index < -0.39 is 26.7 Å². The molecule has 0 atom stereocenters. The highest BCUT2D eigenvalue weighted by atomic mass is 35.5. The monoisotopic (exact) mass is 587 g/mol. The van der Waals surface area contributed by atoms with Gasteiger partial charge in [-0.2, -0.15) is 13.5 Å². The number of carbonyl (C=O) groups is 1. The number of nitrogens with zero attached hydrogens (tertiary/aromatic N) is 2. The van der Waals surface area contributed by atoms with Crippen molar-refractivity contribution in [3.63, 3.8) is 0 Å². The van der Waals surface area contributed by atoms with E-state index in [1.807, 2.05) is 0 Å². The van der Waals surface area contributed by atoms with Gasteiger partial charge in [-0.05, 0) is 54.6 Å². The highest BCUT2D eigenvalue weighted by Gasteiger charge is 2.21. The Morgan fingerprint density at radius 3 is 2.46 bits per heavy atom. The van der Waals surface area contributed by atoms with Crippen LogP contribution in [0.1, 0.15) is 29.8 Å².